The normalized spacial score (nSPS) is 26.5. The molecular formula is C13H17FN6O4S. The molecule has 2 aromatic heterocycles. The summed E-state index contributed by atoms with van der Waals surface area (Å²) in [5, 5.41) is 27.5. The number of amides is 1. The van der Waals surface area contributed by atoms with Crippen molar-refractivity contribution in [3.05, 3.63) is 10.4 Å². The van der Waals surface area contributed by atoms with Gasteiger partial charge in [-0.25, -0.2) is 9.07 Å². The van der Waals surface area contributed by atoms with Crippen LogP contribution in [0.2, 0.25) is 0 Å². The number of alkyl halides is 1. The van der Waals surface area contributed by atoms with Gasteiger partial charge in [0.15, 0.2) is 11.2 Å². The number of aromatic amines is 1. The molecule has 1 saturated heterocycles. The molecule has 10 nitrogen and oxygen atoms in total. The summed E-state index contributed by atoms with van der Waals surface area (Å²) < 4.78 is 15.1. The number of aromatic nitrogens is 5. The Balaban J connectivity index is 2.01. The first kappa shape index (κ1) is 17.8. The predicted octanol–water partition coefficient (Wildman–Crippen LogP) is -0.586. The van der Waals surface area contributed by atoms with Crippen LogP contribution in [-0.4, -0.2) is 65.2 Å². The number of nitrogens with zero attached hydrogens (tertiary/aromatic N) is 4. The predicted molar refractivity (Wildman–Crippen MR) is 87.8 cm³/mol. The molecular weight excluding hydrogens is 355 g/mol. The number of H-pyrrole nitrogens is 1. The summed E-state index contributed by atoms with van der Waals surface area (Å²) in [5.74, 6) is -0.762. The summed E-state index contributed by atoms with van der Waals surface area (Å²) in [6, 6.07) is 0. The van der Waals surface area contributed by atoms with Gasteiger partial charge in [-0.15, -0.1) is 16.9 Å². The number of anilines is 1. The zero-order valence-corrected chi connectivity index (χ0v) is 14.2. The van der Waals surface area contributed by atoms with E-state index in [1.807, 2.05) is 0 Å². The van der Waals surface area contributed by atoms with E-state index in [4.69, 9.17) is 0 Å². The van der Waals surface area contributed by atoms with Crippen LogP contribution in [0.15, 0.2) is 4.79 Å². The molecule has 3 heterocycles. The van der Waals surface area contributed by atoms with Gasteiger partial charge in [0.1, 0.15) is 17.6 Å². The summed E-state index contributed by atoms with van der Waals surface area (Å²) in [6.07, 6.45) is -3.09. The lowest BCUT2D eigenvalue weighted by Crippen LogP contribution is -2.29. The Labute approximate surface area is 144 Å². The number of halogens is 1. The van der Waals surface area contributed by atoms with Gasteiger partial charge in [0.2, 0.25) is 11.9 Å². The highest BCUT2D eigenvalue weighted by Crippen LogP contribution is 2.43. The molecule has 1 aliphatic heterocycles. The van der Waals surface area contributed by atoms with Crippen LogP contribution < -0.4 is 10.9 Å². The molecule has 3 rings (SSSR count). The standard InChI is InChI=1S/C13H17FN6O4S/c1-4(2)10(23)16-13-15-9-7(11(24)17-13)18-19-20(9)12-8(22)6(14)5(3-21)25-12/h4-6,8,12,21-22H,3H2,1-2H3,(H2,15,16,17,23,24)/t5-,6+,8+,12-/m1/s1. The second kappa shape index (κ2) is 6.69. The Morgan fingerprint density at radius 2 is 2.24 bits per heavy atom. The van der Waals surface area contributed by atoms with Gasteiger partial charge in [0, 0.05) is 5.92 Å². The van der Waals surface area contributed by atoms with Crippen LogP contribution in [0.25, 0.3) is 11.2 Å². The number of aliphatic hydroxyl groups excluding tert-OH is 2. The molecule has 2 aromatic rings. The zero-order chi connectivity index (χ0) is 18.3. The molecule has 1 amide bonds. The zero-order valence-electron chi connectivity index (χ0n) is 13.4. The molecule has 1 aliphatic rings. The van der Waals surface area contributed by atoms with Crippen LogP contribution in [0.5, 0.6) is 0 Å². The van der Waals surface area contributed by atoms with Crippen molar-refractivity contribution in [2.75, 3.05) is 11.9 Å². The number of thioether (sulfide) groups is 1. The van der Waals surface area contributed by atoms with Crippen LogP contribution in [-0.2, 0) is 4.79 Å². The highest BCUT2D eigenvalue weighted by atomic mass is 32.2. The van der Waals surface area contributed by atoms with Crippen LogP contribution in [0, 0.1) is 5.92 Å². The first-order valence-electron chi connectivity index (χ1n) is 7.58. The quantitative estimate of drug-likeness (QED) is 0.557. The molecule has 0 unspecified atom stereocenters. The molecule has 25 heavy (non-hydrogen) atoms. The van der Waals surface area contributed by atoms with Gasteiger partial charge >= 0.3 is 0 Å². The second-order valence-corrected chi connectivity index (χ2v) is 7.31. The summed E-state index contributed by atoms with van der Waals surface area (Å²) in [5.41, 5.74) is -0.716. The smallest absolute Gasteiger partial charge is 0.282 e. The van der Waals surface area contributed by atoms with Crippen LogP contribution in [0.4, 0.5) is 10.3 Å². The number of carbonyl (C=O) groups excluding carboxylic acids is 1. The van der Waals surface area contributed by atoms with Crippen LogP contribution in [0.1, 0.15) is 19.2 Å². The number of fused-ring (bicyclic) bond motifs is 1. The molecule has 0 bridgehead atoms. The molecule has 0 aromatic carbocycles. The fourth-order valence-corrected chi connectivity index (χ4v) is 3.71. The Morgan fingerprint density at radius 1 is 1.52 bits per heavy atom. The van der Waals surface area contributed by atoms with Gasteiger partial charge in [-0.3, -0.25) is 19.9 Å². The Kier molecular flexibility index (Phi) is 4.75. The van der Waals surface area contributed by atoms with Crippen molar-refractivity contribution in [2.24, 2.45) is 5.92 Å². The number of carbonyl (C=O) groups is 1. The fraction of sp³-hybridized carbons (Fsp3) is 0.615. The number of hydrogen-bond donors (Lipinski definition) is 4. The first-order valence-corrected chi connectivity index (χ1v) is 8.52. The molecule has 4 N–H and O–H groups in total. The van der Waals surface area contributed by atoms with E-state index in [9.17, 15) is 24.2 Å². The fourth-order valence-electron chi connectivity index (χ4n) is 2.39. The lowest BCUT2D eigenvalue weighted by molar-refractivity contribution is -0.118. The van der Waals surface area contributed by atoms with Crippen molar-refractivity contribution in [1.29, 1.82) is 0 Å². The van der Waals surface area contributed by atoms with E-state index < -0.39 is 35.1 Å². The molecule has 0 radical (unpaired) electrons. The monoisotopic (exact) mass is 372 g/mol. The van der Waals surface area contributed by atoms with Gasteiger partial charge in [0.05, 0.1) is 11.9 Å². The maximum absolute atomic E-state index is 14.0. The Morgan fingerprint density at radius 3 is 2.84 bits per heavy atom. The first-order chi connectivity index (χ1) is 11.8. The summed E-state index contributed by atoms with van der Waals surface area (Å²) in [7, 11) is 0. The van der Waals surface area contributed by atoms with E-state index in [0.717, 1.165) is 16.4 Å². The van der Waals surface area contributed by atoms with Crippen molar-refractivity contribution in [2.45, 2.75) is 36.7 Å². The maximum atomic E-state index is 14.0. The minimum absolute atomic E-state index is 0.00476. The van der Waals surface area contributed by atoms with E-state index in [2.05, 4.69) is 25.6 Å². The van der Waals surface area contributed by atoms with Crippen molar-refractivity contribution < 1.29 is 19.4 Å². The highest BCUT2D eigenvalue weighted by molar-refractivity contribution is 8.00. The largest absolute Gasteiger partial charge is 0.395 e. The third kappa shape index (κ3) is 3.12. The number of aliphatic hydroxyl groups is 2. The van der Waals surface area contributed by atoms with Crippen LogP contribution in [0.3, 0.4) is 0 Å². The SMILES string of the molecule is CC(C)C(=O)Nc1nc2c(nnn2[C@@H]2S[C@H](CO)[C@H](F)[C@@H]2O)c(=O)[nH]1. The van der Waals surface area contributed by atoms with Crippen molar-refractivity contribution in [1.82, 2.24) is 25.0 Å². The lowest BCUT2D eigenvalue weighted by Gasteiger charge is -2.14. The Hall–Kier alpha value is -2.05. The van der Waals surface area contributed by atoms with Crippen molar-refractivity contribution >= 4 is 34.8 Å². The molecule has 12 heteroatoms. The topological polar surface area (TPSA) is 146 Å². The summed E-state index contributed by atoms with van der Waals surface area (Å²) in [6.45, 7) is 2.91. The molecule has 0 aliphatic carbocycles. The summed E-state index contributed by atoms with van der Waals surface area (Å²) in [4.78, 5) is 30.4. The van der Waals surface area contributed by atoms with Crippen LogP contribution >= 0.6 is 11.8 Å². The van der Waals surface area contributed by atoms with Crippen molar-refractivity contribution in [3.8, 4) is 0 Å². The number of hydrogen-bond acceptors (Lipinski definition) is 8. The minimum atomic E-state index is -1.65. The van der Waals surface area contributed by atoms with E-state index in [0.29, 0.717) is 0 Å². The molecule has 1 fully saturated rings. The third-order valence-electron chi connectivity index (χ3n) is 3.81. The van der Waals surface area contributed by atoms with Crippen molar-refractivity contribution in [3.63, 3.8) is 0 Å². The van der Waals surface area contributed by atoms with Gasteiger partial charge in [-0.1, -0.05) is 19.1 Å². The summed E-state index contributed by atoms with van der Waals surface area (Å²) >= 11 is 0.976. The average Bonchev–Trinajstić information content (AvgIpc) is 3.10. The van der Waals surface area contributed by atoms with E-state index in [-0.39, 0.29) is 28.9 Å². The second-order valence-electron chi connectivity index (χ2n) is 5.95. The molecule has 4 atom stereocenters. The highest BCUT2D eigenvalue weighted by Gasteiger charge is 2.45. The van der Waals surface area contributed by atoms with E-state index in [1.165, 1.54) is 0 Å². The number of rotatable bonds is 4. The molecule has 136 valence electrons. The molecule has 0 saturated carbocycles. The van der Waals surface area contributed by atoms with E-state index in [1.54, 1.807) is 13.8 Å². The van der Waals surface area contributed by atoms with Gasteiger partial charge in [0.25, 0.3) is 5.56 Å². The van der Waals surface area contributed by atoms with Gasteiger partial charge in [-0.05, 0) is 0 Å². The van der Waals surface area contributed by atoms with Gasteiger partial charge < -0.3 is 10.2 Å². The third-order valence-corrected chi connectivity index (χ3v) is 5.33. The maximum Gasteiger partial charge on any atom is 0.282 e. The van der Waals surface area contributed by atoms with E-state index >= 15 is 0 Å². The minimum Gasteiger partial charge on any atom is -0.395 e. The van der Waals surface area contributed by atoms with Gasteiger partial charge in [-0.2, -0.15) is 4.98 Å². The lowest BCUT2D eigenvalue weighted by atomic mass is 10.2. The Bertz CT molecular complexity index is 855. The molecule has 0 spiro atoms. The number of nitrogens with one attached hydrogen (secondary N) is 2. The average molecular weight is 372 g/mol.